The molecule has 20 heavy (non-hydrogen) atoms. The van der Waals surface area contributed by atoms with Crippen molar-refractivity contribution in [2.75, 3.05) is 0 Å². The van der Waals surface area contributed by atoms with Crippen LogP contribution in [0.4, 0.5) is 0 Å². The predicted molar refractivity (Wildman–Crippen MR) is 74.5 cm³/mol. The van der Waals surface area contributed by atoms with Crippen LogP contribution in [0.15, 0.2) is 30.6 Å². The Kier molecular flexibility index (Phi) is 3.28. The second-order valence-electron chi connectivity index (χ2n) is 5.06. The van der Waals surface area contributed by atoms with Crippen molar-refractivity contribution in [1.29, 1.82) is 0 Å². The van der Waals surface area contributed by atoms with Crippen LogP contribution in [0.5, 0.6) is 0 Å². The van der Waals surface area contributed by atoms with E-state index < -0.39 is 12.0 Å². The van der Waals surface area contributed by atoms with Gasteiger partial charge in [0.2, 0.25) is 0 Å². The molecule has 5 nitrogen and oxygen atoms in total. The van der Waals surface area contributed by atoms with Crippen molar-refractivity contribution >= 4 is 5.97 Å². The minimum absolute atomic E-state index is 0.169. The van der Waals surface area contributed by atoms with E-state index in [9.17, 15) is 9.90 Å². The molecular weight excluding hydrogens is 254 g/mol. The highest BCUT2D eigenvalue weighted by molar-refractivity contribution is 5.74. The normalized spacial score (nSPS) is 21.4. The summed E-state index contributed by atoms with van der Waals surface area (Å²) in [5.41, 5.74) is 4.11. The highest BCUT2D eigenvalue weighted by Gasteiger charge is 2.32. The lowest BCUT2D eigenvalue weighted by Gasteiger charge is -2.28. The highest BCUT2D eigenvalue weighted by atomic mass is 16.4. The number of aromatic nitrogens is 2. The molecule has 0 aliphatic carbocycles. The number of imidazole rings is 1. The molecule has 0 radical (unpaired) electrons. The van der Waals surface area contributed by atoms with Gasteiger partial charge in [-0.25, -0.2) is 4.98 Å². The molecule has 2 atom stereocenters. The van der Waals surface area contributed by atoms with E-state index in [1.807, 2.05) is 12.1 Å². The number of aromatic amines is 1. The third kappa shape index (κ3) is 2.20. The predicted octanol–water partition coefficient (Wildman–Crippen LogP) is 1.66. The van der Waals surface area contributed by atoms with E-state index in [1.165, 1.54) is 5.56 Å². The summed E-state index contributed by atoms with van der Waals surface area (Å²) in [6.07, 6.45) is 3.06. The van der Waals surface area contributed by atoms with Crippen LogP contribution >= 0.6 is 0 Å². The Hall–Kier alpha value is -2.14. The molecule has 104 valence electrons. The number of nitrogens with zero attached hydrogens (tertiary/aromatic N) is 1. The lowest BCUT2D eigenvalue weighted by Crippen LogP contribution is -2.45. The molecule has 0 saturated heterocycles. The minimum Gasteiger partial charge on any atom is -0.480 e. The monoisotopic (exact) mass is 271 g/mol. The van der Waals surface area contributed by atoms with E-state index >= 15 is 0 Å². The van der Waals surface area contributed by atoms with Crippen LogP contribution < -0.4 is 5.32 Å². The van der Waals surface area contributed by atoms with Crippen LogP contribution in [0.1, 0.15) is 35.5 Å². The summed E-state index contributed by atoms with van der Waals surface area (Å²) in [6, 6.07) is 7.48. The third-order valence-electron chi connectivity index (χ3n) is 3.82. The molecule has 0 bridgehead atoms. The van der Waals surface area contributed by atoms with E-state index in [1.54, 1.807) is 6.33 Å². The van der Waals surface area contributed by atoms with Gasteiger partial charge in [-0.05, 0) is 17.5 Å². The van der Waals surface area contributed by atoms with Crippen molar-refractivity contribution in [3.8, 4) is 0 Å². The number of nitrogens with one attached hydrogen (secondary N) is 2. The Morgan fingerprint density at radius 2 is 2.15 bits per heavy atom. The van der Waals surface area contributed by atoms with Crippen molar-refractivity contribution < 1.29 is 9.90 Å². The van der Waals surface area contributed by atoms with E-state index in [0.717, 1.165) is 23.4 Å². The fraction of sp³-hybridized carbons (Fsp3) is 0.333. The number of rotatable bonds is 3. The number of aryl methyl sites for hydroxylation is 1. The number of carboxylic acids is 1. The number of H-pyrrole nitrogens is 1. The van der Waals surface area contributed by atoms with Crippen molar-refractivity contribution in [2.24, 2.45) is 0 Å². The van der Waals surface area contributed by atoms with Gasteiger partial charge in [0, 0.05) is 12.1 Å². The molecule has 2 aromatic rings. The average Bonchev–Trinajstić information content (AvgIpc) is 2.94. The summed E-state index contributed by atoms with van der Waals surface area (Å²) < 4.78 is 0. The van der Waals surface area contributed by atoms with Crippen molar-refractivity contribution in [3.05, 3.63) is 53.1 Å². The summed E-state index contributed by atoms with van der Waals surface area (Å²) in [5.74, 6) is -0.833. The molecule has 0 amide bonds. The smallest absolute Gasteiger partial charge is 0.321 e. The third-order valence-corrected chi connectivity index (χ3v) is 3.82. The van der Waals surface area contributed by atoms with Crippen LogP contribution in [0.3, 0.4) is 0 Å². The van der Waals surface area contributed by atoms with Gasteiger partial charge < -0.3 is 10.1 Å². The van der Waals surface area contributed by atoms with Gasteiger partial charge in [-0.1, -0.05) is 31.2 Å². The molecular formula is C15H17N3O2. The highest BCUT2D eigenvalue weighted by Crippen LogP contribution is 2.28. The van der Waals surface area contributed by atoms with Crippen LogP contribution in [-0.4, -0.2) is 27.1 Å². The largest absolute Gasteiger partial charge is 0.480 e. The fourth-order valence-corrected chi connectivity index (χ4v) is 2.65. The van der Waals surface area contributed by atoms with Crippen molar-refractivity contribution in [3.63, 3.8) is 0 Å². The first-order valence-electron chi connectivity index (χ1n) is 6.79. The first-order valence-corrected chi connectivity index (χ1v) is 6.79. The second kappa shape index (κ2) is 5.09. The van der Waals surface area contributed by atoms with Gasteiger partial charge in [-0.15, -0.1) is 0 Å². The molecule has 3 rings (SSSR count). The minimum atomic E-state index is -0.833. The number of aliphatic carboxylic acids is 1. The molecule has 1 aliphatic heterocycles. The summed E-state index contributed by atoms with van der Waals surface area (Å²) in [6.45, 7) is 2.11. The average molecular weight is 271 g/mol. The number of fused-ring (bicyclic) bond motifs is 1. The van der Waals surface area contributed by atoms with Crippen molar-refractivity contribution in [2.45, 2.75) is 31.8 Å². The van der Waals surface area contributed by atoms with E-state index in [2.05, 4.69) is 34.3 Å². The zero-order chi connectivity index (χ0) is 14.1. The van der Waals surface area contributed by atoms with E-state index in [-0.39, 0.29) is 6.04 Å². The molecule has 2 heterocycles. The van der Waals surface area contributed by atoms with Crippen LogP contribution in [0.2, 0.25) is 0 Å². The SMILES string of the molecule is CCc1ccc([C@@H]2N[C@@H](C(=O)O)Cc3[nH]cnc32)cc1. The number of benzene rings is 1. The van der Waals surface area contributed by atoms with Crippen LogP contribution in [0, 0.1) is 0 Å². The number of hydrogen-bond acceptors (Lipinski definition) is 3. The van der Waals surface area contributed by atoms with Crippen LogP contribution in [-0.2, 0) is 17.6 Å². The Balaban J connectivity index is 1.97. The molecule has 1 aromatic carbocycles. The maximum atomic E-state index is 11.3. The Bertz CT molecular complexity index is 618. The molecule has 0 saturated carbocycles. The zero-order valence-electron chi connectivity index (χ0n) is 11.3. The van der Waals surface area contributed by atoms with Crippen molar-refractivity contribution in [1.82, 2.24) is 15.3 Å². The zero-order valence-corrected chi connectivity index (χ0v) is 11.3. The molecule has 3 N–H and O–H groups in total. The second-order valence-corrected chi connectivity index (χ2v) is 5.06. The Morgan fingerprint density at radius 1 is 1.40 bits per heavy atom. The molecule has 0 unspecified atom stereocenters. The molecule has 1 aromatic heterocycles. The molecule has 0 spiro atoms. The van der Waals surface area contributed by atoms with Gasteiger partial charge in [0.25, 0.3) is 0 Å². The van der Waals surface area contributed by atoms with Crippen LogP contribution in [0.25, 0.3) is 0 Å². The topological polar surface area (TPSA) is 78.0 Å². The first kappa shape index (κ1) is 12.9. The van der Waals surface area contributed by atoms with E-state index in [4.69, 9.17) is 0 Å². The summed E-state index contributed by atoms with van der Waals surface area (Å²) in [4.78, 5) is 18.7. The maximum Gasteiger partial charge on any atom is 0.321 e. The summed E-state index contributed by atoms with van der Waals surface area (Å²) in [5, 5.41) is 12.4. The van der Waals surface area contributed by atoms with Gasteiger partial charge in [0.15, 0.2) is 0 Å². The van der Waals surface area contributed by atoms with Gasteiger partial charge in [-0.2, -0.15) is 0 Å². The molecule has 5 heteroatoms. The Morgan fingerprint density at radius 3 is 2.80 bits per heavy atom. The van der Waals surface area contributed by atoms with Gasteiger partial charge in [-0.3, -0.25) is 10.1 Å². The number of carbonyl (C=O) groups is 1. The van der Waals surface area contributed by atoms with E-state index in [0.29, 0.717) is 6.42 Å². The maximum absolute atomic E-state index is 11.3. The standard InChI is InChI=1S/C15H17N3O2/c1-2-9-3-5-10(6-4-9)13-14-11(16-8-17-14)7-12(18-13)15(19)20/h3-6,8,12-13,18H,2,7H2,1H3,(H,16,17)(H,19,20)/t12-,13+/m1/s1. The summed E-state index contributed by atoms with van der Waals surface area (Å²) in [7, 11) is 0. The fourth-order valence-electron chi connectivity index (χ4n) is 2.65. The van der Waals surface area contributed by atoms with Gasteiger partial charge in [0.1, 0.15) is 6.04 Å². The summed E-state index contributed by atoms with van der Waals surface area (Å²) >= 11 is 0. The Labute approximate surface area is 117 Å². The quantitative estimate of drug-likeness (QED) is 0.793. The lowest BCUT2D eigenvalue weighted by molar-refractivity contribution is -0.139. The van der Waals surface area contributed by atoms with Gasteiger partial charge >= 0.3 is 5.97 Å². The molecule has 0 fully saturated rings. The molecule has 1 aliphatic rings. The lowest BCUT2D eigenvalue weighted by atomic mass is 9.93. The first-order chi connectivity index (χ1) is 9.69. The number of carboxylic acid groups (broad SMARTS) is 1. The van der Waals surface area contributed by atoms with Gasteiger partial charge in [0.05, 0.1) is 18.1 Å². The number of hydrogen-bond donors (Lipinski definition) is 3.